The van der Waals surface area contributed by atoms with Crippen molar-refractivity contribution in [1.29, 1.82) is 0 Å². The van der Waals surface area contributed by atoms with E-state index in [1.54, 1.807) is 22.1 Å². The molecule has 3 rings (SSSR count). The van der Waals surface area contributed by atoms with Crippen LogP contribution in [-0.4, -0.2) is 27.1 Å². The predicted molar refractivity (Wildman–Crippen MR) is 70.5 cm³/mol. The summed E-state index contributed by atoms with van der Waals surface area (Å²) in [6, 6.07) is 6.17. The number of carbonyl (C=O) groups is 1. The van der Waals surface area contributed by atoms with Gasteiger partial charge in [-0.05, 0) is 30.4 Å². The van der Waals surface area contributed by atoms with Crippen molar-refractivity contribution in [3.8, 4) is 0 Å². The molecule has 1 unspecified atom stereocenters. The Hall–Kier alpha value is -1.62. The second-order valence-corrected chi connectivity index (χ2v) is 5.53. The van der Waals surface area contributed by atoms with Crippen LogP contribution in [0.25, 0.3) is 0 Å². The van der Waals surface area contributed by atoms with Crippen molar-refractivity contribution in [2.45, 2.75) is 18.9 Å². The van der Waals surface area contributed by atoms with Crippen LogP contribution in [0.5, 0.6) is 0 Å². The summed E-state index contributed by atoms with van der Waals surface area (Å²) >= 11 is 1.72. The van der Waals surface area contributed by atoms with Crippen LogP contribution in [0.3, 0.4) is 0 Å². The first kappa shape index (κ1) is 11.5. The number of aromatic nitrogens is 2. The van der Waals surface area contributed by atoms with E-state index in [-0.39, 0.29) is 11.9 Å². The minimum Gasteiger partial charge on any atom is -0.329 e. The number of nitrogens with zero attached hydrogens (tertiary/aromatic N) is 3. The van der Waals surface area contributed by atoms with Gasteiger partial charge in [0.2, 0.25) is 0 Å². The van der Waals surface area contributed by atoms with Crippen LogP contribution in [0.4, 0.5) is 0 Å². The van der Waals surface area contributed by atoms with Gasteiger partial charge in [-0.1, -0.05) is 6.07 Å². The number of hydrogen-bond acceptors (Lipinski definition) is 3. The smallest absolute Gasteiger partial charge is 0.274 e. The van der Waals surface area contributed by atoms with Crippen molar-refractivity contribution >= 4 is 17.2 Å². The molecule has 1 amide bonds. The highest BCUT2D eigenvalue weighted by Gasteiger charge is 2.31. The Morgan fingerprint density at radius 3 is 3.06 bits per heavy atom. The van der Waals surface area contributed by atoms with E-state index in [1.807, 2.05) is 24.2 Å². The molecule has 0 saturated carbocycles. The maximum Gasteiger partial charge on any atom is 0.274 e. The lowest BCUT2D eigenvalue weighted by atomic mass is 10.2. The van der Waals surface area contributed by atoms with Crippen LogP contribution in [-0.2, 0) is 7.05 Å². The van der Waals surface area contributed by atoms with Crippen LogP contribution >= 0.6 is 11.3 Å². The van der Waals surface area contributed by atoms with E-state index in [0.29, 0.717) is 5.69 Å². The number of amides is 1. The average molecular weight is 261 g/mol. The fourth-order valence-corrected chi connectivity index (χ4v) is 3.34. The number of rotatable bonds is 2. The average Bonchev–Trinajstić information content (AvgIpc) is 3.08. The van der Waals surface area contributed by atoms with Gasteiger partial charge < -0.3 is 4.90 Å². The van der Waals surface area contributed by atoms with Gasteiger partial charge in [-0.2, -0.15) is 5.10 Å². The van der Waals surface area contributed by atoms with E-state index >= 15 is 0 Å². The maximum atomic E-state index is 12.4. The first-order valence-corrected chi connectivity index (χ1v) is 6.97. The molecule has 2 aromatic heterocycles. The van der Waals surface area contributed by atoms with Gasteiger partial charge in [0.1, 0.15) is 5.69 Å². The molecule has 5 heteroatoms. The van der Waals surface area contributed by atoms with Crippen LogP contribution in [0, 0.1) is 0 Å². The third-order valence-corrected chi connectivity index (χ3v) is 4.29. The van der Waals surface area contributed by atoms with E-state index < -0.39 is 0 Å². The lowest BCUT2D eigenvalue weighted by Gasteiger charge is -2.22. The van der Waals surface area contributed by atoms with Crippen molar-refractivity contribution in [1.82, 2.24) is 14.7 Å². The number of aryl methyl sites for hydroxylation is 1. The first-order chi connectivity index (χ1) is 8.75. The lowest BCUT2D eigenvalue weighted by Crippen LogP contribution is -2.30. The number of thiophene rings is 1. The summed E-state index contributed by atoms with van der Waals surface area (Å²) in [5.74, 6) is 0.0477. The highest BCUT2D eigenvalue weighted by molar-refractivity contribution is 7.10. The van der Waals surface area contributed by atoms with Crippen molar-refractivity contribution in [3.05, 3.63) is 40.3 Å². The normalized spacial score (nSPS) is 19.4. The van der Waals surface area contributed by atoms with E-state index in [1.165, 1.54) is 4.88 Å². The van der Waals surface area contributed by atoms with E-state index in [0.717, 1.165) is 19.4 Å². The molecule has 1 fully saturated rings. The number of carbonyl (C=O) groups excluding carboxylic acids is 1. The Bertz CT molecular complexity index is 546. The number of hydrogen-bond donors (Lipinski definition) is 0. The Morgan fingerprint density at radius 1 is 1.50 bits per heavy atom. The molecule has 1 aliphatic rings. The third-order valence-electron chi connectivity index (χ3n) is 3.32. The molecule has 1 atom stereocenters. The highest BCUT2D eigenvalue weighted by atomic mass is 32.1. The molecule has 4 nitrogen and oxygen atoms in total. The van der Waals surface area contributed by atoms with Crippen LogP contribution < -0.4 is 0 Å². The lowest BCUT2D eigenvalue weighted by molar-refractivity contribution is 0.0731. The molecule has 3 heterocycles. The maximum absolute atomic E-state index is 12.4. The molecule has 0 bridgehead atoms. The summed E-state index contributed by atoms with van der Waals surface area (Å²) in [4.78, 5) is 15.6. The minimum absolute atomic E-state index is 0.0477. The quantitative estimate of drug-likeness (QED) is 0.833. The molecule has 18 heavy (non-hydrogen) atoms. The molecular weight excluding hydrogens is 246 g/mol. The van der Waals surface area contributed by atoms with Gasteiger partial charge in [0.25, 0.3) is 5.91 Å². The molecule has 1 saturated heterocycles. The van der Waals surface area contributed by atoms with E-state index in [2.05, 4.69) is 16.5 Å². The highest BCUT2D eigenvalue weighted by Crippen LogP contribution is 2.35. The molecule has 1 aliphatic heterocycles. The molecule has 0 radical (unpaired) electrons. The summed E-state index contributed by atoms with van der Waals surface area (Å²) in [6.07, 6.45) is 3.93. The van der Waals surface area contributed by atoms with Gasteiger partial charge >= 0.3 is 0 Å². The molecule has 0 spiro atoms. The fourth-order valence-electron chi connectivity index (χ4n) is 2.46. The Labute approximate surface area is 110 Å². The second-order valence-electron chi connectivity index (χ2n) is 4.55. The van der Waals surface area contributed by atoms with Gasteiger partial charge in [0.15, 0.2) is 0 Å². The third kappa shape index (κ3) is 1.95. The van der Waals surface area contributed by atoms with Crippen LogP contribution in [0.1, 0.15) is 34.2 Å². The summed E-state index contributed by atoms with van der Waals surface area (Å²) in [5, 5.41) is 6.27. The number of likely N-dealkylation sites (tertiary alicyclic amines) is 1. The zero-order valence-corrected chi connectivity index (χ0v) is 11.1. The van der Waals surface area contributed by atoms with Gasteiger partial charge in [-0.3, -0.25) is 9.48 Å². The van der Waals surface area contributed by atoms with Gasteiger partial charge in [-0.15, -0.1) is 11.3 Å². The Balaban J connectivity index is 1.85. The largest absolute Gasteiger partial charge is 0.329 e. The van der Waals surface area contributed by atoms with Gasteiger partial charge in [0, 0.05) is 24.7 Å². The Morgan fingerprint density at radius 2 is 2.39 bits per heavy atom. The molecular formula is C13H15N3OS. The van der Waals surface area contributed by atoms with Gasteiger partial charge in [-0.25, -0.2) is 0 Å². The molecule has 0 aliphatic carbocycles. The summed E-state index contributed by atoms with van der Waals surface area (Å²) in [6.45, 7) is 0.831. The molecule has 0 aromatic carbocycles. The summed E-state index contributed by atoms with van der Waals surface area (Å²) in [7, 11) is 1.83. The molecule has 94 valence electrons. The van der Waals surface area contributed by atoms with Crippen molar-refractivity contribution in [2.75, 3.05) is 6.54 Å². The van der Waals surface area contributed by atoms with Gasteiger partial charge in [0.05, 0.1) is 6.04 Å². The van der Waals surface area contributed by atoms with Crippen molar-refractivity contribution in [2.24, 2.45) is 7.05 Å². The zero-order chi connectivity index (χ0) is 12.5. The monoisotopic (exact) mass is 261 g/mol. The molecule has 2 aromatic rings. The minimum atomic E-state index is 0.0477. The molecule has 0 N–H and O–H groups in total. The Kier molecular flexibility index (Phi) is 2.91. The predicted octanol–water partition coefficient (Wildman–Crippen LogP) is 2.46. The summed E-state index contributed by atoms with van der Waals surface area (Å²) in [5.41, 5.74) is 0.543. The van der Waals surface area contributed by atoms with Crippen molar-refractivity contribution < 1.29 is 4.79 Å². The van der Waals surface area contributed by atoms with Crippen molar-refractivity contribution in [3.63, 3.8) is 0 Å². The SMILES string of the molecule is Cn1ccc(C(=O)N2CCCC2c2cccs2)n1. The van der Waals surface area contributed by atoms with E-state index in [9.17, 15) is 4.79 Å². The second kappa shape index (κ2) is 4.57. The zero-order valence-electron chi connectivity index (χ0n) is 10.2. The fraction of sp³-hybridized carbons (Fsp3) is 0.385. The standard InChI is InChI=1S/C13H15N3OS/c1-15-8-6-10(14-15)13(17)16-7-2-4-11(16)12-5-3-9-18-12/h3,5-6,8-9,11H,2,4,7H2,1H3. The van der Waals surface area contributed by atoms with Crippen LogP contribution in [0.15, 0.2) is 29.8 Å². The van der Waals surface area contributed by atoms with E-state index in [4.69, 9.17) is 0 Å². The summed E-state index contributed by atoms with van der Waals surface area (Å²) < 4.78 is 1.67. The van der Waals surface area contributed by atoms with Crippen LogP contribution in [0.2, 0.25) is 0 Å². The first-order valence-electron chi connectivity index (χ1n) is 6.10. The topological polar surface area (TPSA) is 38.1 Å².